The van der Waals surface area contributed by atoms with Crippen LogP contribution in [0.5, 0.6) is 0 Å². The molecule has 1 N–H and O–H groups in total. The molecule has 0 bridgehead atoms. The van der Waals surface area contributed by atoms with Crippen LogP contribution in [-0.2, 0) is 5.41 Å². The van der Waals surface area contributed by atoms with Gasteiger partial charge in [0, 0.05) is 12.0 Å². The molecule has 4 nitrogen and oxygen atoms in total. The molecule has 0 unspecified atom stereocenters. The highest BCUT2D eigenvalue weighted by atomic mass is 32.1. The van der Waals surface area contributed by atoms with Crippen LogP contribution < -0.4 is 5.32 Å². The zero-order valence-electron chi connectivity index (χ0n) is 10.6. The Hall–Kier alpha value is -1.27. The van der Waals surface area contributed by atoms with E-state index in [1.807, 2.05) is 0 Å². The molecule has 0 aliphatic carbocycles. The standard InChI is InChI=1S/C12H15N3OS2/c1-8-10(18-15-14-8)11(16)13-7-12(2,3)9-4-5-17-6-9/h4-6H,7H2,1-3H3,(H,13,16). The molecule has 0 saturated heterocycles. The molecule has 0 saturated carbocycles. The first-order valence-electron chi connectivity index (χ1n) is 5.60. The third kappa shape index (κ3) is 2.76. The third-order valence-corrected chi connectivity index (χ3v) is 4.36. The average Bonchev–Trinajstić information content (AvgIpc) is 2.96. The monoisotopic (exact) mass is 281 g/mol. The lowest BCUT2D eigenvalue weighted by Crippen LogP contribution is -2.36. The van der Waals surface area contributed by atoms with Gasteiger partial charge in [0.2, 0.25) is 0 Å². The summed E-state index contributed by atoms with van der Waals surface area (Å²) in [4.78, 5) is 12.6. The van der Waals surface area contributed by atoms with E-state index in [2.05, 4.69) is 45.6 Å². The number of hydrogen-bond acceptors (Lipinski definition) is 5. The summed E-state index contributed by atoms with van der Waals surface area (Å²) in [6.07, 6.45) is 0. The summed E-state index contributed by atoms with van der Waals surface area (Å²) in [7, 11) is 0. The van der Waals surface area contributed by atoms with Gasteiger partial charge in [0.05, 0.1) is 5.69 Å². The van der Waals surface area contributed by atoms with Crippen molar-refractivity contribution >= 4 is 28.8 Å². The van der Waals surface area contributed by atoms with Crippen LogP contribution in [0, 0.1) is 6.92 Å². The number of rotatable bonds is 4. The van der Waals surface area contributed by atoms with Crippen LogP contribution in [0.3, 0.4) is 0 Å². The van der Waals surface area contributed by atoms with Gasteiger partial charge in [-0.25, -0.2) is 0 Å². The topological polar surface area (TPSA) is 54.9 Å². The van der Waals surface area contributed by atoms with Gasteiger partial charge in [-0.05, 0) is 40.8 Å². The van der Waals surface area contributed by atoms with Crippen LogP contribution in [-0.4, -0.2) is 22.0 Å². The Kier molecular flexibility index (Phi) is 3.77. The number of hydrogen-bond donors (Lipinski definition) is 1. The molecule has 2 aromatic rings. The van der Waals surface area contributed by atoms with E-state index in [-0.39, 0.29) is 11.3 Å². The maximum atomic E-state index is 12.0. The molecule has 2 heterocycles. The molecule has 18 heavy (non-hydrogen) atoms. The predicted molar refractivity (Wildman–Crippen MR) is 74.3 cm³/mol. The van der Waals surface area contributed by atoms with Gasteiger partial charge in [-0.15, -0.1) is 5.10 Å². The Morgan fingerprint density at radius 2 is 2.28 bits per heavy atom. The number of nitrogens with zero attached hydrogens (tertiary/aromatic N) is 2. The lowest BCUT2D eigenvalue weighted by molar-refractivity contribution is 0.0949. The van der Waals surface area contributed by atoms with Crippen molar-refractivity contribution in [2.24, 2.45) is 0 Å². The van der Waals surface area contributed by atoms with Crippen LogP contribution in [0.1, 0.15) is 34.8 Å². The van der Waals surface area contributed by atoms with E-state index in [1.165, 1.54) is 5.56 Å². The van der Waals surface area contributed by atoms with E-state index < -0.39 is 0 Å². The van der Waals surface area contributed by atoms with Crippen LogP contribution in [0.15, 0.2) is 16.8 Å². The summed E-state index contributed by atoms with van der Waals surface area (Å²) in [5.41, 5.74) is 1.86. The van der Waals surface area contributed by atoms with Gasteiger partial charge >= 0.3 is 0 Å². The minimum Gasteiger partial charge on any atom is -0.350 e. The summed E-state index contributed by atoms with van der Waals surface area (Å²) in [5, 5.41) is 11.0. The summed E-state index contributed by atoms with van der Waals surface area (Å²) in [6, 6.07) is 2.09. The maximum absolute atomic E-state index is 12.0. The molecule has 0 radical (unpaired) electrons. The highest BCUT2D eigenvalue weighted by Crippen LogP contribution is 2.24. The lowest BCUT2D eigenvalue weighted by Gasteiger charge is -2.24. The molecule has 2 aromatic heterocycles. The predicted octanol–water partition coefficient (Wildman–Crippen LogP) is 2.62. The van der Waals surface area contributed by atoms with Crippen LogP contribution in [0.4, 0.5) is 0 Å². The van der Waals surface area contributed by atoms with Crippen molar-refractivity contribution in [3.63, 3.8) is 0 Å². The Labute approximate surface area is 114 Å². The second kappa shape index (κ2) is 5.16. The van der Waals surface area contributed by atoms with Crippen molar-refractivity contribution < 1.29 is 4.79 Å². The number of aryl methyl sites for hydroxylation is 1. The van der Waals surface area contributed by atoms with Gasteiger partial charge in [0.25, 0.3) is 5.91 Å². The minimum atomic E-state index is -0.0918. The van der Waals surface area contributed by atoms with Gasteiger partial charge in [-0.3, -0.25) is 4.79 Å². The normalized spacial score (nSPS) is 11.5. The first-order valence-corrected chi connectivity index (χ1v) is 7.32. The first-order chi connectivity index (χ1) is 8.50. The van der Waals surface area contributed by atoms with Crippen molar-refractivity contribution in [1.82, 2.24) is 14.9 Å². The second-order valence-electron chi connectivity index (χ2n) is 4.77. The van der Waals surface area contributed by atoms with Gasteiger partial charge in [-0.2, -0.15) is 11.3 Å². The van der Waals surface area contributed by atoms with E-state index in [4.69, 9.17) is 0 Å². The number of aromatic nitrogens is 2. The minimum absolute atomic E-state index is 0.0678. The Balaban J connectivity index is 2.00. The number of carbonyl (C=O) groups excluding carboxylic acids is 1. The molecule has 0 aliphatic heterocycles. The highest BCUT2D eigenvalue weighted by Gasteiger charge is 2.23. The van der Waals surface area contributed by atoms with Gasteiger partial charge in [0.15, 0.2) is 0 Å². The van der Waals surface area contributed by atoms with Crippen LogP contribution in [0.25, 0.3) is 0 Å². The number of nitrogens with one attached hydrogen (secondary N) is 1. The maximum Gasteiger partial charge on any atom is 0.264 e. The first kappa shape index (κ1) is 13.2. The zero-order chi connectivity index (χ0) is 13.2. The molecule has 0 fully saturated rings. The van der Waals surface area contributed by atoms with E-state index in [0.29, 0.717) is 17.1 Å². The molecular formula is C12H15N3OS2. The van der Waals surface area contributed by atoms with Crippen LogP contribution in [0.2, 0.25) is 0 Å². The molecular weight excluding hydrogens is 266 g/mol. The Bertz CT molecular complexity index is 531. The third-order valence-electron chi connectivity index (χ3n) is 2.85. The lowest BCUT2D eigenvalue weighted by atomic mass is 9.86. The number of carbonyl (C=O) groups is 1. The molecule has 6 heteroatoms. The average molecular weight is 281 g/mol. The molecule has 0 atom stereocenters. The van der Waals surface area contributed by atoms with E-state index >= 15 is 0 Å². The largest absolute Gasteiger partial charge is 0.350 e. The van der Waals surface area contributed by atoms with Gasteiger partial charge in [0.1, 0.15) is 4.88 Å². The molecule has 1 amide bonds. The van der Waals surface area contributed by atoms with Gasteiger partial charge in [-0.1, -0.05) is 18.3 Å². The second-order valence-corrected chi connectivity index (χ2v) is 6.30. The van der Waals surface area contributed by atoms with E-state index in [0.717, 1.165) is 11.5 Å². The highest BCUT2D eigenvalue weighted by molar-refractivity contribution is 7.08. The molecule has 0 aliphatic rings. The van der Waals surface area contributed by atoms with E-state index in [1.54, 1.807) is 18.3 Å². The number of amides is 1. The van der Waals surface area contributed by atoms with Crippen molar-refractivity contribution in [2.75, 3.05) is 6.54 Å². The summed E-state index contributed by atoms with van der Waals surface area (Å²) >= 11 is 2.80. The van der Waals surface area contributed by atoms with Crippen molar-refractivity contribution in [2.45, 2.75) is 26.2 Å². The Morgan fingerprint density at radius 1 is 1.50 bits per heavy atom. The molecule has 0 spiro atoms. The molecule has 96 valence electrons. The molecule has 2 rings (SSSR count). The fraction of sp³-hybridized carbons (Fsp3) is 0.417. The zero-order valence-corrected chi connectivity index (χ0v) is 12.2. The summed E-state index contributed by atoms with van der Waals surface area (Å²) in [6.45, 7) is 6.63. The van der Waals surface area contributed by atoms with Crippen molar-refractivity contribution in [3.05, 3.63) is 33.0 Å². The SMILES string of the molecule is Cc1nnsc1C(=O)NCC(C)(C)c1ccsc1. The summed E-state index contributed by atoms with van der Waals surface area (Å²) < 4.78 is 3.77. The van der Waals surface area contributed by atoms with Crippen molar-refractivity contribution in [3.8, 4) is 0 Å². The Morgan fingerprint density at radius 3 is 2.83 bits per heavy atom. The summed E-state index contributed by atoms with van der Waals surface area (Å²) in [5.74, 6) is -0.0918. The van der Waals surface area contributed by atoms with Crippen molar-refractivity contribution in [1.29, 1.82) is 0 Å². The molecule has 0 aromatic carbocycles. The van der Waals surface area contributed by atoms with Gasteiger partial charge < -0.3 is 5.32 Å². The fourth-order valence-electron chi connectivity index (χ4n) is 1.57. The van der Waals surface area contributed by atoms with Crippen LogP contribution >= 0.6 is 22.9 Å². The van der Waals surface area contributed by atoms with E-state index in [9.17, 15) is 4.79 Å². The quantitative estimate of drug-likeness (QED) is 0.937. The fourth-order valence-corrected chi connectivity index (χ4v) is 2.99. The number of thiophene rings is 1. The smallest absolute Gasteiger partial charge is 0.264 e.